The van der Waals surface area contributed by atoms with E-state index in [0.717, 1.165) is 25.2 Å². The van der Waals surface area contributed by atoms with E-state index in [1.54, 1.807) is 0 Å². The Kier molecular flexibility index (Phi) is 28.2. The Balaban J connectivity index is 3.86. The number of rotatable bonds is 30. The zero-order valence-corrected chi connectivity index (χ0v) is 25.9. The van der Waals surface area contributed by atoms with Crippen LogP contribution in [-0.2, 0) is 4.79 Å². The zero-order chi connectivity index (χ0) is 28.9. The fraction of sp³-hybridized carbons (Fsp3) is 0.970. The minimum atomic E-state index is -4.77. The topological polar surface area (TPSA) is 41.1 Å². The zero-order valence-electron chi connectivity index (χ0n) is 25.9. The molecule has 0 fully saturated rings. The van der Waals surface area contributed by atoms with Crippen molar-refractivity contribution < 1.29 is 18.0 Å². The lowest BCUT2D eigenvalue weighted by molar-refractivity contribution is -0.173. The van der Waals surface area contributed by atoms with E-state index in [4.69, 9.17) is 0 Å². The molecule has 0 rings (SSSR count). The van der Waals surface area contributed by atoms with Gasteiger partial charge in [-0.05, 0) is 38.3 Å². The van der Waals surface area contributed by atoms with Crippen LogP contribution in [0.15, 0.2) is 0 Å². The molecule has 6 heteroatoms. The molecular weight excluding hydrogens is 497 g/mol. The maximum Gasteiger partial charge on any atom is 0.471 e. The van der Waals surface area contributed by atoms with Crippen molar-refractivity contribution in [2.45, 2.75) is 181 Å². The second-order valence-corrected chi connectivity index (χ2v) is 11.8. The van der Waals surface area contributed by atoms with E-state index in [2.05, 4.69) is 19.2 Å². The molecule has 0 aromatic carbocycles. The van der Waals surface area contributed by atoms with Crippen molar-refractivity contribution in [1.82, 2.24) is 10.6 Å². The predicted octanol–water partition coefficient (Wildman–Crippen LogP) is 10.7. The molecule has 0 saturated heterocycles. The molecule has 0 aromatic rings. The first-order valence-electron chi connectivity index (χ1n) is 17.0. The Morgan fingerprint density at radius 2 is 0.846 bits per heavy atom. The molecule has 39 heavy (non-hydrogen) atoms. The van der Waals surface area contributed by atoms with Gasteiger partial charge in [0.15, 0.2) is 0 Å². The first-order chi connectivity index (χ1) is 18.9. The van der Waals surface area contributed by atoms with Gasteiger partial charge in [-0.2, -0.15) is 13.2 Å². The largest absolute Gasteiger partial charge is 0.471 e. The summed E-state index contributed by atoms with van der Waals surface area (Å²) in [5, 5.41) is 5.58. The highest BCUT2D eigenvalue weighted by Crippen LogP contribution is 2.24. The summed E-state index contributed by atoms with van der Waals surface area (Å²) in [5.74, 6) is -0.985. The van der Waals surface area contributed by atoms with Gasteiger partial charge < -0.3 is 10.6 Å². The Morgan fingerprint density at radius 1 is 0.513 bits per heavy atom. The monoisotopic (exact) mass is 563 g/mol. The van der Waals surface area contributed by atoms with Crippen molar-refractivity contribution in [3.05, 3.63) is 0 Å². The Morgan fingerprint density at radius 3 is 1.23 bits per heavy atom. The van der Waals surface area contributed by atoms with Gasteiger partial charge in [-0.1, -0.05) is 155 Å². The first-order valence-corrected chi connectivity index (χ1v) is 17.0. The highest BCUT2D eigenvalue weighted by Gasteiger charge is 2.38. The van der Waals surface area contributed by atoms with E-state index in [0.29, 0.717) is 6.42 Å². The number of hydrogen-bond donors (Lipinski definition) is 2. The molecule has 3 nitrogen and oxygen atoms in total. The van der Waals surface area contributed by atoms with Crippen LogP contribution in [-0.4, -0.2) is 31.7 Å². The van der Waals surface area contributed by atoms with Crippen LogP contribution in [0.5, 0.6) is 0 Å². The van der Waals surface area contributed by atoms with E-state index >= 15 is 0 Å². The Hall–Kier alpha value is -0.780. The molecule has 1 unspecified atom stereocenters. The number of hydrogen-bond acceptors (Lipinski definition) is 2. The lowest BCUT2D eigenvalue weighted by Gasteiger charge is -2.17. The van der Waals surface area contributed by atoms with Crippen molar-refractivity contribution >= 4 is 5.91 Å². The van der Waals surface area contributed by atoms with E-state index in [1.807, 2.05) is 5.32 Å². The average Bonchev–Trinajstić information content (AvgIpc) is 2.91. The van der Waals surface area contributed by atoms with Crippen LogP contribution in [0.4, 0.5) is 13.2 Å². The number of unbranched alkanes of at least 4 members (excludes halogenated alkanes) is 18. The van der Waals surface area contributed by atoms with Gasteiger partial charge in [0, 0.05) is 6.54 Å². The third-order valence-electron chi connectivity index (χ3n) is 7.97. The van der Waals surface area contributed by atoms with Gasteiger partial charge >= 0.3 is 12.1 Å². The summed E-state index contributed by atoms with van der Waals surface area (Å²) in [6.07, 6.45) is 27.2. The summed E-state index contributed by atoms with van der Waals surface area (Å²) in [6, 6.07) is 0. The summed E-state index contributed by atoms with van der Waals surface area (Å²) in [4.78, 5) is 10.8. The average molecular weight is 563 g/mol. The molecule has 0 saturated carbocycles. The molecule has 0 aromatic heterocycles. The molecule has 0 aliphatic heterocycles. The van der Waals surface area contributed by atoms with Crippen LogP contribution < -0.4 is 10.6 Å². The molecule has 234 valence electrons. The maximum absolute atomic E-state index is 12.2. The highest BCUT2D eigenvalue weighted by molar-refractivity contribution is 5.81. The quantitative estimate of drug-likeness (QED) is 0.0855. The standard InChI is InChI=1S/C33H65F3N2O/c1-3-5-7-9-13-19-25-31(27-21-15-12-18-24-30-38-32(39)33(34,35)36)26-20-14-11-17-23-29-37-28-22-16-10-8-6-4-2/h31,37H,3-30H2,1-2H3,(H,38,39). The van der Waals surface area contributed by atoms with Crippen molar-refractivity contribution in [1.29, 1.82) is 0 Å². The molecule has 0 radical (unpaired) electrons. The molecule has 1 amide bonds. The minimum Gasteiger partial charge on any atom is -0.348 e. The Labute approximate surface area is 240 Å². The normalized spacial score (nSPS) is 12.6. The van der Waals surface area contributed by atoms with Gasteiger partial charge in [-0.15, -0.1) is 0 Å². The lowest BCUT2D eigenvalue weighted by Crippen LogP contribution is -2.37. The number of carbonyl (C=O) groups excluding carboxylic acids is 1. The van der Waals surface area contributed by atoms with Crippen LogP contribution in [0.25, 0.3) is 0 Å². The van der Waals surface area contributed by atoms with Crippen molar-refractivity contribution in [2.24, 2.45) is 5.92 Å². The molecule has 0 aliphatic carbocycles. The third kappa shape index (κ3) is 28.5. The first kappa shape index (κ1) is 38.2. The van der Waals surface area contributed by atoms with Crippen LogP contribution >= 0.6 is 0 Å². The molecule has 0 aliphatic rings. The SMILES string of the molecule is CCCCCCCCNCCCCCCCC(CCCCCCCC)CCCCCCCNC(=O)C(F)(F)F. The second-order valence-electron chi connectivity index (χ2n) is 11.8. The highest BCUT2D eigenvalue weighted by atomic mass is 19.4. The summed E-state index contributed by atoms with van der Waals surface area (Å²) in [7, 11) is 0. The fourth-order valence-electron chi connectivity index (χ4n) is 5.41. The van der Waals surface area contributed by atoms with Crippen LogP contribution in [0.3, 0.4) is 0 Å². The molecule has 0 bridgehead atoms. The summed E-state index contributed by atoms with van der Waals surface area (Å²) < 4.78 is 36.6. The number of alkyl halides is 3. The molecule has 2 N–H and O–H groups in total. The third-order valence-corrected chi connectivity index (χ3v) is 7.97. The minimum absolute atomic E-state index is 0.119. The van der Waals surface area contributed by atoms with Crippen LogP contribution in [0.1, 0.15) is 174 Å². The van der Waals surface area contributed by atoms with E-state index in [1.165, 1.54) is 148 Å². The maximum atomic E-state index is 12.2. The summed E-state index contributed by atoms with van der Waals surface area (Å²) >= 11 is 0. The molecular formula is C33H65F3N2O. The van der Waals surface area contributed by atoms with Crippen molar-refractivity contribution in [3.8, 4) is 0 Å². The van der Waals surface area contributed by atoms with Gasteiger partial charge in [0.25, 0.3) is 0 Å². The lowest BCUT2D eigenvalue weighted by atomic mass is 9.89. The van der Waals surface area contributed by atoms with Crippen molar-refractivity contribution in [3.63, 3.8) is 0 Å². The smallest absolute Gasteiger partial charge is 0.348 e. The summed E-state index contributed by atoms with van der Waals surface area (Å²) in [5.41, 5.74) is 0. The second kappa shape index (κ2) is 28.7. The van der Waals surface area contributed by atoms with E-state index in [-0.39, 0.29) is 6.54 Å². The van der Waals surface area contributed by atoms with Gasteiger partial charge in [-0.3, -0.25) is 4.79 Å². The number of carbonyl (C=O) groups is 1. The van der Waals surface area contributed by atoms with Crippen LogP contribution in [0, 0.1) is 5.92 Å². The van der Waals surface area contributed by atoms with Gasteiger partial charge in [0.2, 0.25) is 0 Å². The fourth-order valence-corrected chi connectivity index (χ4v) is 5.41. The van der Waals surface area contributed by atoms with Gasteiger partial charge in [-0.25, -0.2) is 0 Å². The molecule has 0 spiro atoms. The van der Waals surface area contributed by atoms with E-state index < -0.39 is 12.1 Å². The number of halogens is 3. The molecule has 0 heterocycles. The summed E-state index contributed by atoms with van der Waals surface area (Å²) in [6.45, 7) is 7.01. The number of amides is 1. The molecule has 1 atom stereocenters. The van der Waals surface area contributed by atoms with Gasteiger partial charge in [0.1, 0.15) is 0 Å². The van der Waals surface area contributed by atoms with Crippen LogP contribution in [0.2, 0.25) is 0 Å². The van der Waals surface area contributed by atoms with Crippen molar-refractivity contribution in [2.75, 3.05) is 19.6 Å². The Bertz CT molecular complexity index is 514. The van der Waals surface area contributed by atoms with Gasteiger partial charge in [0.05, 0.1) is 0 Å². The number of nitrogens with one attached hydrogen (secondary N) is 2. The van der Waals surface area contributed by atoms with E-state index in [9.17, 15) is 18.0 Å². The predicted molar refractivity (Wildman–Crippen MR) is 162 cm³/mol.